The molecule has 37 heavy (non-hydrogen) atoms. The maximum Gasteiger partial charge on any atom is 0.271 e. The Balaban J connectivity index is 2.51. The van der Waals surface area contributed by atoms with Crippen LogP contribution in [-0.2, 0) is 26.2 Å². The second kappa shape index (κ2) is 12.7. The van der Waals surface area contributed by atoms with Crippen LogP contribution >= 0.6 is 11.6 Å². The standard InChI is InChI=1S/C24H31ClN4O7S/c1-6-16(2)26-24(31)17(3)27(14-18-8-7-9-19(25)12-18)23(30)15-28(37(5,34)35)21-13-20(29(32)33)10-11-22(21)36-4/h7-13,16-17H,6,14-15H2,1-5H3,(H,26,31)/t16-,17-/m0/s1. The first kappa shape index (κ1) is 29.8. The number of non-ortho nitro benzene ring substituents is 1. The molecule has 0 unspecified atom stereocenters. The largest absolute Gasteiger partial charge is 0.495 e. The van der Waals surface area contributed by atoms with Gasteiger partial charge in [-0.05, 0) is 44.0 Å². The number of nitrogens with one attached hydrogen (secondary N) is 1. The second-order valence-electron chi connectivity index (χ2n) is 8.53. The Morgan fingerprint density at radius 3 is 2.41 bits per heavy atom. The molecule has 2 amide bonds. The Hall–Kier alpha value is -3.38. The van der Waals surface area contributed by atoms with Crippen LogP contribution in [0.4, 0.5) is 11.4 Å². The Morgan fingerprint density at radius 1 is 1.19 bits per heavy atom. The summed E-state index contributed by atoms with van der Waals surface area (Å²) >= 11 is 6.10. The van der Waals surface area contributed by atoms with E-state index in [1.807, 2.05) is 13.8 Å². The highest BCUT2D eigenvalue weighted by Gasteiger charge is 2.32. The Labute approximate surface area is 221 Å². The molecule has 0 aliphatic carbocycles. The van der Waals surface area contributed by atoms with E-state index in [0.717, 1.165) is 22.7 Å². The normalized spacial score (nSPS) is 12.8. The average molecular weight is 555 g/mol. The first-order valence-electron chi connectivity index (χ1n) is 11.4. The number of rotatable bonds is 12. The molecule has 11 nitrogen and oxygen atoms in total. The van der Waals surface area contributed by atoms with E-state index in [1.165, 1.54) is 18.1 Å². The van der Waals surface area contributed by atoms with Gasteiger partial charge in [0.15, 0.2) is 0 Å². The van der Waals surface area contributed by atoms with Crippen molar-refractivity contribution in [2.24, 2.45) is 0 Å². The zero-order valence-electron chi connectivity index (χ0n) is 21.3. The SMILES string of the molecule is CC[C@H](C)NC(=O)[C@H](C)N(Cc1cccc(Cl)c1)C(=O)CN(c1cc([N+](=O)[O-])ccc1OC)S(C)(=O)=O. The molecule has 2 aromatic carbocycles. The molecule has 0 aliphatic heterocycles. The number of hydrogen-bond acceptors (Lipinski definition) is 7. The number of nitro benzene ring substituents is 1. The van der Waals surface area contributed by atoms with Gasteiger partial charge in [-0.3, -0.25) is 24.0 Å². The van der Waals surface area contributed by atoms with Gasteiger partial charge in [0.25, 0.3) is 5.69 Å². The lowest BCUT2D eigenvalue weighted by molar-refractivity contribution is -0.384. The van der Waals surface area contributed by atoms with Crippen LogP contribution < -0.4 is 14.4 Å². The fraction of sp³-hybridized carbons (Fsp3) is 0.417. The molecule has 0 bridgehead atoms. The third-order valence-electron chi connectivity index (χ3n) is 5.73. The molecule has 13 heteroatoms. The Morgan fingerprint density at radius 2 is 1.86 bits per heavy atom. The summed E-state index contributed by atoms with van der Waals surface area (Å²) in [5, 5.41) is 14.6. The van der Waals surface area contributed by atoms with E-state index in [9.17, 15) is 28.1 Å². The zero-order chi connectivity index (χ0) is 27.9. The van der Waals surface area contributed by atoms with Gasteiger partial charge in [-0.25, -0.2) is 8.42 Å². The van der Waals surface area contributed by atoms with Gasteiger partial charge in [0.05, 0.1) is 18.3 Å². The number of halogens is 1. The van der Waals surface area contributed by atoms with Crippen molar-refractivity contribution in [1.29, 1.82) is 0 Å². The number of carbonyl (C=O) groups is 2. The van der Waals surface area contributed by atoms with Crippen molar-refractivity contribution in [2.45, 2.75) is 45.8 Å². The van der Waals surface area contributed by atoms with Crippen LogP contribution in [0, 0.1) is 10.1 Å². The molecule has 0 radical (unpaired) electrons. The predicted octanol–water partition coefficient (Wildman–Crippen LogP) is 3.35. The highest BCUT2D eigenvalue weighted by molar-refractivity contribution is 7.92. The lowest BCUT2D eigenvalue weighted by Gasteiger charge is -2.32. The number of benzene rings is 2. The minimum absolute atomic E-state index is 0.0211. The number of carbonyl (C=O) groups excluding carboxylic acids is 2. The van der Waals surface area contributed by atoms with E-state index >= 15 is 0 Å². The van der Waals surface area contributed by atoms with Crippen LogP contribution in [0.1, 0.15) is 32.8 Å². The number of sulfonamides is 1. The molecule has 0 fully saturated rings. The molecule has 1 N–H and O–H groups in total. The fourth-order valence-electron chi connectivity index (χ4n) is 3.46. The van der Waals surface area contributed by atoms with Crippen molar-refractivity contribution < 1.29 is 27.7 Å². The van der Waals surface area contributed by atoms with Crippen LogP contribution in [0.3, 0.4) is 0 Å². The van der Waals surface area contributed by atoms with Crippen LogP contribution in [-0.4, -0.2) is 62.0 Å². The number of amides is 2. The van der Waals surface area contributed by atoms with Crippen LogP contribution in [0.15, 0.2) is 42.5 Å². The van der Waals surface area contributed by atoms with Crippen molar-refractivity contribution >= 4 is 44.8 Å². The lowest BCUT2D eigenvalue weighted by Crippen LogP contribution is -2.52. The summed E-state index contributed by atoms with van der Waals surface area (Å²) in [5.41, 5.74) is 0.0730. The molecule has 0 saturated carbocycles. The van der Waals surface area contributed by atoms with Crippen molar-refractivity contribution in [3.05, 3.63) is 63.2 Å². The first-order valence-corrected chi connectivity index (χ1v) is 13.7. The summed E-state index contributed by atoms with van der Waals surface area (Å²) in [6.45, 7) is 4.52. The maximum absolute atomic E-state index is 13.6. The summed E-state index contributed by atoms with van der Waals surface area (Å²) in [6.07, 6.45) is 1.55. The molecule has 0 aliphatic rings. The number of anilines is 1. The zero-order valence-corrected chi connectivity index (χ0v) is 22.9. The number of nitro groups is 1. The monoisotopic (exact) mass is 554 g/mol. The Bertz CT molecular complexity index is 1260. The predicted molar refractivity (Wildman–Crippen MR) is 141 cm³/mol. The molecular formula is C24H31ClN4O7S. The molecule has 0 spiro atoms. The second-order valence-corrected chi connectivity index (χ2v) is 10.9. The van der Waals surface area contributed by atoms with E-state index in [1.54, 1.807) is 31.2 Å². The Kier molecular flexibility index (Phi) is 10.3. The number of hydrogen-bond donors (Lipinski definition) is 1. The molecule has 2 atom stereocenters. The highest BCUT2D eigenvalue weighted by Crippen LogP contribution is 2.34. The summed E-state index contributed by atoms with van der Waals surface area (Å²) < 4.78 is 31.5. The number of nitrogens with zero attached hydrogens (tertiary/aromatic N) is 3. The van der Waals surface area contributed by atoms with E-state index < -0.39 is 39.3 Å². The van der Waals surface area contributed by atoms with Gasteiger partial charge in [-0.1, -0.05) is 30.7 Å². The molecule has 0 saturated heterocycles. The summed E-state index contributed by atoms with van der Waals surface area (Å²) in [7, 11) is -2.83. The maximum atomic E-state index is 13.6. The van der Waals surface area contributed by atoms with Gasteiger partial charge in [0.1, 0.15) is 24.0 Å². The van der Waals surface area contributed by atoms with Gasteiger partial charge < -0.3 is 15.0 Å². The molecular weight excluding hydrogens is 524 g/mol. The van der Waals surface area contributed by atoms with Gasteiger partial charge in [-0.15, -0.1) is 0 Å². The topological polar surface area (TPSA) is 139 Å². The minimum Gasteiger partial charge on any atom is -0.495 e. The summed E-state index contributed by atoms with van der Waals surface area (Å²) in [5.74, 6) is -1.10. The van der Waals surface area contributed by atoms with Crippen molar-refractivity contribution in [2.75, 3.05) is 24.2 Å². The molecule has 202 valence electrons. The quantitative estimate of drug-likeness (QED) is 0.313. The number of ether oxygens (including phenoxy) is 1. The number of methoxy groups -OCH3 is 1. The van der Waals surface area contributed by atoms with Gasteiger partial charge in [0, 0.05) is 29.7 Å². The summed E-state index contributed by atoms with van der Waals surface area (Å²) in [4.78, 5) is 38.4. The lowest BCUT2D eigenvalue weighted by atomic mass is 10.1. The minimum atomic E-state index is -4.11. The third kappa shape index (κ3) is 8.05. The average Bonchev–Trinajstić information content (AvgIpc) is 2.83. The highest BCUT2D eigenvalue weighted by atomic mass is 35.5. The third-order valence-corrected chi connectivity index (χ3v) is 7.09. The van der Waals surface area contributed by atoms with E-state index in [4.69, 9.17) is 16.3 Å². The van der Waals surface area contributed by atoms with E-state index in [0.29, 0.717) is 17.0 Å². The van der Waals surface area contributed by atoms with Crippen LogP contribution in [0.2, 0.25) is 5.02 Å². The molecule has 0 heterocycles. The van der Waals surface area contributed by atoms with Crippen molar-refractivity contribution in [3.8, 4) is 5.75 Å². The van der Waals surface area contributed by atoms with Gasteiger partial charge in [0.2, 0.25) is 21.8 Å². The molecule has 0 aromatic heterocycles. The van der Waals surface area contributed by atoms with Crippen molar-refractivity contribution in [1.82, 2.24) is 10.2 Å². The van der Waals surface area contributed by atoms with Crippen LogP contribution in [0.25, 0.3) is 0 Å². The van der Waals surface area contributed by atoms with E-state index in [-0.39, 0.29) is 29.7 Å². The molecule has 2 rings (SSSR count). The fourth-order valence-corrected chi connectivity index (χ4v) is 4.52. The van der Waals surface area contributed by atoms with E-state index in [2.05, 4.69) is 5.32 Å². The van der Waals surface area contributed by atoms with Gasteiger partial charge >= 0.3 is 0 Å². The smallest absolute Gasteiger partial charge is 0.271 e. The molecule has 2 aromatic rings. The van der Waals surface area contributed by atoms with Crippen LogP contribution in [0.5, 0.6) is 5.75 Å². The first-order chi connectivity index (χ1) is 17.3. The van der Waals surface area contributed by atoms with Crippen molar-refractivity contribution in [3.63, 3.8) is 0 Å². The van der Waals surface area contributed by atoms with Gasteiger partial charge in [-0.2, -0.15) is 0 Å². The summed E-state index contributed by atoms with van der Waals surface area (Å²) in [6, 6.07) is 9.06.